The van der Waals surface area contributed by atoms with Crippen molar-refractivity contribution in [1.82, 2.24) is 15.0 Å². The molecule has 2 saturated heterocycles. The molecule has 6 rings (SSSR count). The van der Waals surface area contributed by atoms with Gasteiger partial charge < -0.3 is 29.1 Å². The number of alkyl halides is 2. The molecular formula is C26H26F2N6O4. The Bertz CT molecular complexity index is 1490. The zero-order valence-corrected chi connectivity index (χ0v) is 20.7. The maximum Gasteiger partial charge on any atom is 0.299 e. The number of rotatable bonds is 5. The lowest BCUT2D eigenvalue weighted by atomic mass is 10.1. The number of nitrogens with one attached hydrogen (secondary N) is 1. The van der Waals surface area contributed by atoms with Crippen LogP contribution in [0.25, 0.3) is 22.7 Å². The van der Waals surface area contributed by atoms with Crippen LogP contribution in [0.4, 0.5) is 26.3 Å². The number of hydrogen-bond acceptors (Lipinski definition) is 9. The molecule has 5 heterocycles. The van der Waals surface area contributed by atoms with Gasteiger partial charge in [0.15, 0.2) is 17.1 Å². The number of β-amino-alcohol motifs (C(OH)–C–C–N with tert-alkyl or cyclic N) is 1. The molecule has 1 unspecified atom stereocenters. The highest BCUT2D eigenvalue weighted by molar-refractivity contribution is 6.05. The first kappa shape index (κ1) is 24.3. The molecular weight excluding hydrogens is 498 g/mol. The molecule has 0 radical (unpaired) electrons. The number of aryl methyl sites for hydroxylation is 1. The van der Waals surface area contributed by atoms with Crippen LogP contribution >= 0.6 is 0 Å². The number of anilines is 3. The van der Waals surface area contributed by atoms with E-state index >= 15 is 0 Å². The van der Waals surface area contributed by atoms with Crippen LogP contribution in [0, 0.1) is 6.92 Å². The van der Waals surface area contributed by atoms with Gasteiger partial charge in [-0.2, -0.15) is 4.98 Å². The van der Waals surface area contributed by atoms with E-state index in [1.165, 1.54) is 6.26 Å². The molecule has 0 saturated carbocycles. The Morgan fingerprint density at radius 1 is 1.13 bits per heavy atom. The summed E-state index contributed by atoms with van der Waals surface area (Å²) in [6.45, 7) is 3.06. The standard InChI is InChI=1S/C26H26F2N6O4/c1-15-3-2-4-16(11-15)24-30-19(14-37-24)23(36)29-18-12-20-21(31-22(18)34-8-5-17(35)13-34)32-25(38-20)33-9-6-26(27,28)7-10-33/h2-4,11-12,14,17,35H,5-10,13H2,1H3,(H,29,36). The summed E-state index contributed by atoms with van der Waals surface area (Å²) in [5.41, 5.74) is 2.81. The van der Waals surface area contributed by atoms with Crippen molar-refractivity contribution in [3.63, 3.8) is 0 Å². The number of aromatic nitrogens is 3. The lowest BCUT2D eigenvalue weighted by molar-refractivity contribution is -0.0226. The number of benzene rings is 1. The monoisotopic (exact) mass is 524 g/mol. The number of hydrogen-bond donors (Lipinski definition) is 2. The average molecular weight is 525 g/mol. The largest absolute Gasteiger partial charge is 0.444 e. The Morgan fingerprint density at radius 2 is 1.95 bits per heavy atom. The minimum absolute atomic E-state index is 0.0847. The molecule has 1 aromatic carbocycles. The molecule has 12 heteroatoms. The lowest BCUT2D eigenvalue weighted by Gasteiger charge is -2.30. The maximum absolute atomic E-state index is 13.6. The second-order valence-corrected chi connectivity index (χ2v) is 9.77. The molecule has 0 spiro atoms. The first-order valence-corrected chi connectivity index (χ1v) is 12.5. The summed E-state index contributed by atoms with van der Waals surface area (Å²) in [6, 6.07) is 9.41. The minimum atomic E-state index is -2.69. The van der Waals surface area contributed by atoms with Gasteiger partial charge in [0.25, 0.3) is 17.8 Å². The van der Waals surface area contributed by atoms with Crippen molar-refractivity contribution in [2.24, 2.45) is 0 Å². The van der Waals surface area contributed by atoms with Gasteiger partial charge in [-0.25, -0.2) is 18.7 Å². The first-order valence-electron chi connectivity index (χ1n) is 12.5. The highest BCUT2D eigenvalue weighted by Crippen LogP contribution is 2.35. The number of nitrogens with zero attached hydrogens (tertiary/aromatic N) is 5. The second kappa shape index (κ2) is 9.35. The van der Waals surface area contributed by atoms with Gasteiger partial charge in [0, 0.05) is 50.7 Å². The highest BCUT2D eigenvalue weighted by atomic mass is 19.3. The Morgan fingerprint density at radius 3 is 2.68 bits per heavy atom. The number of piperidine rings is 1. The van der Waals surface area contributed by atoms with Crippen LogP contribution in [0.15, 0.2) is 45.4 Å². The number of pyridine rings is 1. The van der Waals surface area contributed by atoms with E-state index in [1.54, 1.807) is 11.0 Å². The minimum Gasteiger partial charge on any atom is -0.444 e. The van der Waals surface area contributed by atoms with Crippen LogP contribution in [0.3, 0.4) is 0 Å². The highest BCUT2D eigenvalue weighted by Gasteiger charge is 2.36. The second-order valence-electron chi connectivity index (χ2n) is 9.77. The Balaban J connectivity index is 1.30. The molecule has 3 aromatic heterocycles. The summed E-state index contributed by atoms with van der Waals surface area (Å²) >= 11 is 0. The molecule has 0 bridgehead atoms. The molecule has 198 valence electrons. The lowest BCUT2D eigenvalue weighted by Crippen LogP contribution is -2.39. The van der Waals surface area contributed by atoms with Gasteiger partial charge in [0.2, 0.25) is 11.5 Å². The van der Waals surface area contributed by atoms with Crippen LogP contribution < -0.4 is 15.1 Å². The first-order chi connectivity index (χ1) is 18.2. The summed E-state index contributed by atoms with van der Waals surface area (Å²) in [7, 11) is 0. The third-order valence-corrected chi connectivity index (χ3v) is 6.83. The summed E-state index contributed by atoms with van der Waals surface area (Å²) in [5, 5.41) is 12.9. The number of oxazole rings is 2. The smallest absolute Gasteiger partial charge is 0.299 e. The average Bonchev–Trinajstić information content (AvgIpc) is 3.63. The molecule has 10 nitrogen and oxygen atoms in total. The predicted molar refractivity (Wildman–Crippen MR) is 136 cm³/mol. The molecule has 2 N–H and O–H groups in total. The molecule has 38 heavy (non-hydrogen) atoms. The normalized spacial score (nSPS) is 19.3. The van der Waals surface area contributed by atoms with Crippen LogP contribution in [0.5, 0.6) is 0 Å². The zero-order chi connectivity index (χ0) is 26.4. The number of carbonyl (C=O) groups excluding carboxylic acids is 1. The topological polar surface area (TPSA) is 121 Å². The fourth-order valence-electron chi connectivity index (χ4n) is 4.75. The van der Waals surface area contributed by atoms with Gasteiger partial charge >= 0.3 is 0 Å². The SMILES string of the molecule is Cc1cccc(-c2nc(C(=O)Nc3cc4oc(N5CCC(F)(F)CC5)nc4nc3N3CCC(O)C3)co2)c1. The third kappa shape index (κ3) is 4.78. The molecule has 2 aliphatic heterocycles. The molecule has 2 aliphatic rings. The Labute approximate surface area is 216 Å². The van der Waals surface area contributed by atoms with Crippen LogP contribution in [-0.2, 0) is 0 Å². The molecule has 2 fully saturated rings. The van der Waals surface area contributed by atoms with Crippen molar-refractivity contribution in [2.75, 3.05) is 41.3 Å². The summed E-state index contributed by atoms with van der Waals surface area (Å²) in [5.74, 6) is -2.45. The molecule has 0 aliphatic carbocycles. The van der Waals surface area contributed by atoms with E-state index in [-0.39, 0.29) is 43.3 Å². The number of aliphatic hydroxyl groups is 1. The van der Waals surface area contributed by atoms with Crippen LogP contribution in [0.2, 0.25) is 0 Å². The molecule has 1 amide bonds. The maximum atomic E-state index is 13.6. The van der Waals surface area contributed by atoms with Crippen molar-refractivity contribution in [3.8, 4) is 11.5 Å². The predicted octanol–water partition coefficient (Wildman–Crippen LogP) is 4.25. The van der Waals surface area contributed by atoms with Crippen molar-refractivity contribution in [2.45, 2.75) is 38.2 Å². The van der Waals surface area contributed by atoms with Crippen molar-refractivity contribution < 1.29 is 27.5 Å². The van der Waals surface area contributed by atoms with Crippen LogP contribution in [-0.4, -0.2) is 64.2 Å². The van der Waals surface area contributed by atoms with E-state index in [0.717, 1.165) is 11.1 Å². The zero-order valence-electron chi connectivity index (χ0n) is 20.7. The van der Waals surface area contributed by atoms with Gasteiger partial charge in [-0.05, 0) is 25.5 Å². The van der Waals surface area contributed by atoms with E-state index < -0.39 is 17.9 Å². The van der Waals surface area contributed by atoms with Gasteiger partial charge in [0.05, 0.1) is 11.8 Å². The Hall–Kier alpha value is -4.06. The number of amides is 1. The van der Waals surface area contributed by atoms with E-state index in [9.17, 15) is 18.7 Å². The van der Waals surface area contributed by atoms with E-state index in [0.29, 0.717) is 42.5 Å². The van der Waals surface area contributed by atoms with Crippen molar-refractivity contribution >= 4 is 34.7 Å². The number of halogens is 2. The van der Waals surface area contributed by atoms with Gasteiger partial charge in [-0.15, -0.1) is 0 Å². The summed E-state index contributed by atoms with van der Waals surface area (Å²) in [6.07, 6.45) is 0.768. The van der Waals surface area contributed by atoms with Crippen molar-refractivity contribution in [3.05, 3.63) is 47.9 Å². The number of fused-ring (bicyclic) bond motifs is 1. The molecule has 4 aromatic rings. The summed E-state index contributed by atoms with van der Waals surface area (Å²) < 4.78 is 38.6. The Kier molecular flexibility index (Phi) is 5.98. The van der Waals surface area contributed by atoms with E-state index in [2.05, 4.69) is 20.3 Å². The van der Waals surface area contributed by atoms with E-state index in [4.69, 9.17) is 8.83 Å². The van der Waals surface area contributed by atoms with E-state index in [1.807, 2.05) is 36.1 Å². The van der Waals surface area contributed by atoms with Gasteiger partial charge in [0.1, 0.15) is 6.26 Å². The van der Waals surface area contributed by atoms with Gasteiger partial charge in [-0.1, -0.05) is 17.7 Å². The van der Waals surface area contributed by atoms with Gasteiger partial charge in [-0.3, -0.25) is 4.79 Å². The quantitative estimate of drug-likeness (QED) is 0.395. The summed E-state index contributed by atoms with van der Waals surface area (Å²) in [4.78, 5) is 30.1. The molecule has 1 atom stereocenters. The van der Waals surface area contributed by atoms with Crippen molar-refractivity contribution in [1.29, 1.82) is 0 Å². The number of aliphatic hydroxyl groups excluding tert-OH is 1. The third-order valence-electron chi connectivity index (χ3n) is 6.83. The fourth-order valence-corrected chi connectivity index (χ4v) is 4.75. The number of carbonyl (C=O) groups is 1. The van der Waals surface area contributed by atoms with Crippen LogP contribution in [0.1, 0.15) is 35.3 Å². The fraction of sp³-hybridized carbons (Fsp3) is 0.385.